The summed E-state index contributed by atoms with van der Waals surface area (Å²) in [5.41, 5.74) is 2.07. The highest BCUT2D eigenvalue weighted by Crippen LogP contribution is 2.33. The van der Waals surface area contributed by atoms with Crippen LogP contribution in [-0.2, 0) is 32.9 Å². The summed E-state index contributed by atoms with van der Waals surface area (Å²) in [7, 11) is 0. The van der Waals surface area contributed by atoms with Crippen LogP contribution in [0.4, 0.5) is 9.18 Å². The second kappa shape index (κ2) is 13.6. The molecule has 1 heterocycles. The van der Waals surface area contributed by atoms with Crippen LogP contribution in [0.1, 0.15) is 48.0 Å². The van der Waals surface area contributed by atoms with Gasteiger partial charge < -0.3 is 24.6 Å². The SMILES string of the molecule is CC(C)(C)c1oncc1-c1cc(F)cc(C(=O)NC[C@@H](NC(=O)OCc2ccccc2)C(=O)OCc2ccccc2)c1. The zero-order chi connectivity index (χ0) is 30.1. The van der Waals surface area contributed by atoms with E-state index in [1.165, 1.54) is 18.3 Å². The number of halogens is 1. The van der Waals surface area contributed by atoms with Crippen LogP contribution in [0.25, 0.3) is 11.1 Å². The van der Waals surface area contributed by atoms with Crippen LogP contribution in [0, 0.1) is 5.82 Å². The normalized spacial score (nSPS) is 11.8. The fourth-order valence-corrected chi connectivity index (χ4v) is 4.09. The Morgan fingerprint density at radius 1 is 0.905 bits per heavy atom. The Balaban J connectivity index is 1.46. The van der Waals surface area contributed by atoms with Crippen molar-refractivity contribution in [2.45, 2.75) is 45.4 Å². The topological polar surface area (TPSA) is 120 Å². The quantitative estimate of drug-likeness (QED) is 0.239. The monoisotopic (exact) mass is 573 g/mol. The van der Waals surface area contributed by atoms with E-state index in [-0.39, 0.29) is 25.3 Å². The van der Waals surface area contributed by atoms with E-state index in [1.807, 2.05) is 32.9 Å². The van der Waals surface area contributed by atoms with Gasteiger partial charge >= 0.3 is 12.1 Å². The summed E-state index contributed by atoms with van der Waals surface area (Å²) in [5.74, 6) is -1.54. The summed E-state index contributed by atoms with van der Waals surface area (Å²) in [6.45, 7) is 5.40. The van der Waals surface area contributed by atoms with Crippen LogP contribution in [0.5, 0.6) is 0 Å². The number of hydrogen-bond acceptors (Lipinski definition) is 7. The van der Waals surface area contributed by atoms with Crippen LogP contribution in [0.2, 0.25) is 0 Å². The lowest BCUT2D eigenvalue weighted by Crippen LogP contribution is -2.49. The number of aromatic nitrogens is 1. The summed E-state index contributed by atoms with van der Waals surface area (Å²) in [6, 6.07) is 20.6. The third kappa shape index (κ3) is 8.26. The maximum Gasteiger partial charge on any atom is 0.408 e. The fourth-order valence-electron chi connectivity index (χ4n) is 4.09. The molecule has 0 bridgehead atoms. The molecule has 0 unspecified atom stereocenters. The first-order valence-electron chi connectivity index (χ1n) is 13.3. The van der Waals surface area contributed by atoms with E-state index in [4.69, 9.17) is 14.0 Å². The van der Waals surface area contributed by atoms with Crippen LogP contribution < -0.4 is 10.6 Å². The molecule has 42 heavy (non-hydrogen) atoms. The molecule has 1 atom stereocenters. The van der Waals surface area contributed by atoms with Crippen molar-refractivity contribution in [1.82, 2.24) is 15.8 Å². The Hall–Kier alpha value is -4.99. The molecule has 218 valence electrons. The average molecular weight is 574 g/mol. The number of esters is 1. The number of benzene rings is 3. The molecule has 0 fully saturated rings. The standard InChI is InChI=1S/C32H32FN3O6/c1-32(2,3)28-26(17-35-42-28)23-14-24(16-25(33)15-23)29(37)34-18-27(30(38)40-19-21-10-6-4-7-11-21)36-31(39)41-20-22-12-8-5-9-13-22/h4-17,27H,18-20H2,1-3H3,(H,34,37)(H,36,39)/t27-/m1/s1. The van der Waals surface area contributed by atoms with Crippen LogP contribution in [-0.4, -0.2) is 35.7 Å². The largest absolute Gasteiger partial charge is 0.459 e. The van der Waals surface area contributed by atoms with Crippen LogP contribution >= 0.6 is 0 Å². The molecule has 0 aliphatic rings. The van der Waals surface area contributed by atoms with Gasteiger partial charge in [-0.2, -0.15) is 0 Å². The molecule has 0 spiro atoms. The second-order valence-corrected chi connectivity index (χ2v) is 10.6. The molecule has 1 aromatic heterocycles. The van der Waals surface area contributed by atoms with Crippen LogP contribution in [0.15, 0.2) is 89.6 Å². The van der Waals surface area contributed by atoms with Gasteiger partial charge in [-0.15, -0.1) is 0 Å². The zero-order valence-corrected chi connectivity index (χ0v) is 23.6. The minimum atomic E-state index is -1.28. The Bertz CT molecular complexity index is 1520. The Morgan fingerprint density at radius 2 is 1.52 bits per heavy atom. The molecule has 3 aromatic carbocycles. The van der Waals surface area contributed by atoms with Crippen molar-refractivity contribution in [3.63, 3.8) is 0 Å². The van der Waals surface area contributed by atoms with Crippen molar-refractivity contribution in [2.75, 3.05) is 6.54 Å². The van der Waals surface area contributed by atoms with Crippen molar-refractivity contribution >= 4 is 18.0 Å². The average Bonchev–Trinajstić information content (AvgIpc) is 3.49. The van der Waals surface area contributed by atoms with Gasteiger partial charge in [0.2, 0.25) is 0 Å². The van der Waals surface area contributed by atoms with E-state index in [9.17, 15) is 18.8 Å². The lowest BCUT2D eigenvalue weighted by atomic mass is 9.88. The molecule has 0 aliphatic carbocycles. The Kier molecular flexibility index (Phi) is 9.69. The number of rotatable bonds is 10. The number of carbonyl (C=O) groups excluding carboxylic acids is 3. The fraction of sp³-hybridized carbons (Fsp3) is 0.250. The van der Waals surface area contributed by atoms with Gasteiger partial charge in [0.25, 0.3) is 5.91 Å². The van der Waals surface area contributed by atoms with E-state index in [1.54, 1.807) is 48.5 Å². The molecule has 0 saturated carbocycles. The van der Waals surface area contributed by atoms with Crippen molar-refractivity contribution in [3.05, 3.63) is 113 Å². The van der Waals surface area contributed by atoms with Gasteiger partial charge in [0, 0.05) is 23.1 Å². The van der Waals surface area contributed by atoms with E-state index in [2.05, 4.69) is 15.8 Å². The first-order valence-corrected chi connectivity index (χ1v) is 13.3. The van der Waals surface area contributed by atoms with Gasteiger partial charge in [0.1, 0.15) is 30.8 Å². The summed E-state index contributed by atoms with van der Waals surface area (Å²) < 4.78 is 30.6. The number of ether oxygens (including phenoxy) is 2. The number of alkyl carbamates (subject to hydrolysis) is 1. The van der Waals surface area contributed by atoms with Gasteiger partial charge in [-0.05, 0) is 34.9 Å². The smallest absolute Gasteiger partial charge is 0.408 e. The van der Waals surface area contributed by atoms with Gasteiger partial charge in [-0.3, -0.25) is 4.79 Å². The first-order chi connectivity index (χ1) is 20.1. The lowest BCUT2D eigenvalue weighted by Gasteiger charge is -2.19. The molecule has 4 aromatic rings. The highest BCUT2D eigenvalue weighted by atomic mass is 19.1. The Labute approximate surface area is 243 Å². The zero-order valence-electron chi connectivity index (χ0n) is 23.6. The summed E-state index contributed by atoms with van der Waals surface area (Å²) in [6.07, 6.45) is 0.603. The number of nitrogens with one attached hydrogen (secondary N) is 2. The molecule has 0 saturated heterocycles. The minimum Gasteiger partial charge on any atom is -0.459 e. The number of carbonyl (C=O) groups is 3. The highest BCUT2D eigenvalue weighted by molar-refractivity contribution is 5.96. The number of nitrogens with zero attached hydrogens (tertiary/aromatic N) is 1. The van der Waals surface area contributed by atoms with Gasteiger partial charge in [-0.1, -0.05) is 86.6 Å². The maximum absolute atomic E-state index is 14.6. The van der Waals surface area contributed by atoms with Gasteiger partial charge in [0.15, 0.2) is 0 Å². The van der Waals surface area contributed by atoms with Crippen molar-refractivity contribution in [3.8, 4) is 11.1 Å². The van der Waals surface area contributed by atoms with E-state index >= 15 is 0 Å². The van der Waals surface area contributed by atoms with Crippen molar-refractivity contribution in [1.29, 1.82) is 0 Å². The molecule has 0 radical (unpaired) electrons. The second-order valence-electron chi connectivity index (χ2n) is 10.6. The molecule has 10 heteroatoms. The molecule has 2 N–H and O–H groups in total. The van der Waals surface area contributed by atoms with E-state index < -0.39 is 35.2 Å². The number of amides is 2. The summed E-state index contributed by atoms with van der Waals surface area (Å²) >= 11 is 0. The summed E-state index contributed by atoms with van der Waals surface area (Å²) in [4.78, 5) is 38.6. The maximum atomic E-state index is 14.6. The lowest BCUT2D eigenvalue weighted by molar-refractivity contribution is -0.147. The van der Waals surface area contributed by atoms with Crippen LogP contribution in [0.3, 0.4) is 0 Å². The molecule has 4 rings (SSSR count). The highest BCUT2D eigenvalue weighted by Gasteiger charge is 2.26. The van der Waals surface area contributed by atoms with Gasteiger partial charge in [-0.25, -0.2) is 14.0 Å². The Morgan fingerprint density at radius 3 is 2.14 bits per heavy atom. The third-order valence-corrected chi connectivity index (χ3v) is 6.20. The molecule has 2 amide bonds. The predicted octanol–water partition coefficient (Wildman–Crippen LogP) is 5.55. The molecule has 9 nitrogen and oxygen atoms in total. The molecular weight excluding hydrogens is 541 g/mol. The first kappa shape index (κ1) is 30.0. The van der Waals surface area contributed by atoms with Gasteiger partial charge in [0.05, 0.1) is 6.20 Å². The third-order valence-electron chi connectivity index (χ3n) is 6.20. The predicted molar refractivity (Wildman–Crippen MR) is 153 cm³/mol. The van der Waals surface area contributed by atoms with E-state index in [0.29, 0.717) is 16.9 Å². The number of hydrogen-bond donors (Lipinski definition) is 2. The minimum absolute atomic E-state index is 0.00844. The summed E-state index contributed by atoms with van der Waals surface area (Å²) in [5, 5.41) is 8.89. The van der Waals surface area contributed by atoms with Crippen molar-refractivity contribution < 1.29 is 32.8 Å². The van der Waals surface area contributed by atoms with Crippen molar-refractivity contribution in [2.24, 2.45) is 0 Å². The molecule has 0 aliphatic heterocycles. The van der Waals surface area contributed by atoms with E-state index in [0.717, 1.165) is 17.2 Å². The molecular formula is C32H32FN3O6.